The molecule has 1 aliphatic heterocycles. The number of carbonyl (C=O) groups is 1. The fourth-order valence-corrected chi connectivity index (χ4v) is 3.66. The van der Waals surface area contributed by atoms with E-state index in [1.54, 1.807) is 6.26 Å². The Morgan fingerprint density at radius 2 is 2.23 bits per heavy atom. The van der Waals surface area contributed by atoms with E-state index in [2.05, 4.69) is 5.32 Å². The van der Waals surface area contributed by atoms with Gasteiger partial charge in [0.1, 0.15) is 5.76 Å². The Kier molecular flexibility index (Phi) is 3.82. The van der Waals surface area contributed by atoms with E-state index in [0.717, 1.165) is 64.0 Å². The first-order chi connectivity index (χ1) is 10.8. The molecule has 1 N–H and O–H groups in total. The summed E-state index contributed by atoms with van der Waals surface area (Å²) in [5, 5.41) is 3.24. The lowest BCUT2D eigenvalue weighted by molar-refractivity contribution is 0.159. The fourth-order valence-electron chi connectivity index (χ4n) is 3.66. The van der Waals surface area contributed by atoms with Gasteiger partial charge < -0.3 is 19.4 Å². The minimum atomic E-state index is 0.0912. The van der Waals surface area contributed by atoms with Crippen molar-refractivity contribution in [1.29, 1.82) is 0 Å². The first kappa shape index (κ1) is 14.1. The minimum Gasteiger partial charge on any atom is -0.469 e. The average molecular weight is 304 g/mol. The van der Waals surface area contributed by atoms with Gasteiger partial charge in [0.25, 0.3) is 0 Å². The molecule has 1 saturated heterocycles. The largest absolute Gasteiger partial charge is 0.469 e. The van der Waals surface area contributed by atoms with E-state index >= 15 is 0 Å². The highest BCUT2D eigenvalue weighted by molar-refractivity contribution is 5.75. The molecule has 1 aromatic rings. The minimum absolute atomic E-state index is 0.0912. The summed E-state index contributed by atoms with van der Waals surface area (Å²) < 4.78 is 11.0. The van der Waals surface area contributed by atoms with E-state index in [4.69, 9.17) is 9.15 Å². The number of ether oxygens (including phenoxy) is 1. The van der Waals surface area contributed by atoms with E-state index in [0.29, 0.717) is 12.0 Å². The smallest absolute Gasteiger partial charge is 0.318 e. The number of amides is 2. The van der Waals surface area contributed by atoms with Gasteiger partial charge in [-0.15, -0.1) is 0 Å². The van der Waals surface area contributed by atoms with E-state index < -0.39 is 0 Å². The van der Waals surface area contributed by atoms with Crippen LogP contribution in [0.25, 0.3) is 0 Å². The number of hydrogen-bond acceptors (Lipinski definition) is 3. The van der Waals surface area contributed by atoms with Crippen LogP contribution in [0.5, 0.6) is 0 Å². The van der Waals surface area contributed by atoms with E-state index in [1.807, 2.05) is 11.0 Å². The third-order valence-electron chi connectivity index (χ3n) is 5.08. The van der Waals surface area contributed by atoms with Gasteiger partial charge in [0.2, 0.25) is 0 Å². The molecule has 3 aliphatic rings. The van der Waals surface area contributed by atoms with E-state index in [1.165, 1.54) is 5.56 Å². The summed E-state index contributed by atoms with van der Waals surface area (Å²) >= 11 is 0. The zero-order valence-electron chi connectivity index (χ0n) is 12.9. The molecule has 2 aliphatic carbocycles. The van der Waals surface area contributed by atoms with Crippen LogP contribution in [0.2, 0.25) is 0 Å². The zero-order valence-corrected chi connectivity index (χ0v) is 12.9. The molecule has 2 amide bonds. The number of rotatable bonds is 4. The topological polar surface area (TPSA) is 54.7 Å². The molecule has 0 spiro atoms. The quantitative estimate of drug-likeness (QED) is 0.930. The lowest BCUT2D eigenvalue weighted by Crippen LogP contribution is -2.45. The number of hydrogen-bond donors (Lipinski definition) is 1. The van der Waals surface area contributed by atoms with Gasteiger partial charge in [0, 0.05) is 37.1 Å². The summed E-state index contributed by atoms with van der Waals surface area (Å²) in [6.07, 6.45) is 8.16. The van der Waals surface area contributed by atoms with Crippen LogP contribution >= 0.6 is 0 Å². The molecular formula is C17H24N2O3. The third kappa shape index (κ3) is 2.86. The Morgan fingerprint density at radius 1 is 1.32 bits per heavy atom. The van der Waals surface area contributed by atoms with Gasteiger partial charge in [-0.25, -0.2) is 4.79 Å². The van der Waals surface area contributed by atoms with Gasteiger partial charge in [0.05, 0.1) is 18.9 Å². The number of furan rings is 1. The van der Waals surface area contributed by atoms with Crippen molar-refractivity contribution in [2.24, 2.45) is 5.92 Å². The summed E-state index contributed by atoms with van der Waals surface area (Å²) in [7, 11) is 0. The molecule has 5 nitrogen and oxygen atoms in total. The van der Waals surface area contributed by atoms with Gasteiger partial charge in [-0.1, -0.05) is 0 Å². The van der Waals surface area contributed by atoms with Gasteiger partial charge in [-0.3, -0.25) is 0 Å². The Morgan fingerprint density at radius 3 is 3.00 bits per heavy atom. The van der Waals surface area contributed by atoms with Crippen molar-refractivity contribution in [3.8, 4) is 0 Å². The predicted octanol–water partition coefficient (Wildman–Crippen LogP) is 2.87. The molecule has 120 valence electrons. The maximum Gasteiger partial charge on any atom is 0.318 e. The van der Waals surface area contributed by atoms with Crippen LogP contribution in [-0.4, -0.2) is 36.7 Å². The Balaban J connectivity index is 1.42. The summed E-state index contributed by atoms with van der Waals surface area (Å²) in [6, 6.07) is 2.64. The van der Waals surface area contributed by atoms with Crippen molar-refractivity contribution in [1.82, 2.24) is 10.2 Å². The fraction of sp³-hybridized carbons (Fsp3) is 0.706. The molecule has 2 atom stereocenters. The molecular weight excluding hydrogens is 280 g/mol. The van der Waals surface area contributed by atoms with Crippen molar-refractivity contribution in [3.05, 3.63) is 23.7 Å². The molecule has 0 radical (unpaired) electrons. The molecule has 5 heteroatoms. The molecule has 1 saturated carbocycles. The highest BCUT2D eigenvalue weighted by atomic mass is 16.5. The second-order valence-corrected chi connectivity index (χ2v) is 6.81. The van der Waals surface area contributed by atoms with Crippen molar-refractivity contribution in [3.63, 3.8) is 0 Å². The number of nitrogens with one attached hydrogen (secondary N) is 1. The Bertz CT molecular complexity index is 532. The van der Waals surface area contributed by atoms with Crippen LogP contribution in [0.3, 0.4) is 0 Å². The summed E-state index contributed by atoms with van der Waals surface area (Å²) in [5.74, 6) is 1.54. The van der Waals surface area contributed by atoms with Crippen molar-refractivity contribution < 1.29 is 13.9 Å². The van der Waals surface area contributed by atoms with Crippen LogP contribution in [0.4, 0.5) is 4.79 Å². The van der Waals surface area contributed by atoms with Crippen LogP contribution in [-0.2, 0) is 11.2 Å². The van der Waals surface area contributed by atoms with E-state index in [9.17, 15) is 4.79 Å². The lowest BCUT2D eigenvalue weighted by Gasteiger charge is -2.29. The lowest BCUT2D eigenvalue weighted by atomic mass is 9.93. The first-order valence-corrected chi connectivity index (χ1v) is 8.52. The highest BCUT2D eigenvalue weighted by Crippen LogP contribution is 2.32. The van der Waals surface area contributed by atoms with Crippen molar-refractivity contribution in [2.45, 2.75) is 50.6 Å². The Labute approximate surface area is 131 Å². The molecule has 2 unspecified atom stereocenters. The van der Waals surface area contributed by atoms with Gasteiger partial charge >= 0.3 is 6.03 Å². The van der Waals surface area contributed by atoms with Crippen LogP contribution < -0.4 is 5.32 Å². The molecule has 0 aromatic carbocycles. The second kappa shape index (κ2) is 5.95. The predicted molar refractivity (Wildman–Crippen MR) is 81.6 cm³/mol. The Hall–Kier alpha value is -1.49. The van der Waals surface area contributed by atoms with E-state index in [-0.39, 0.29) is 12.1 Å². The molecule has 0 bridgehead atoms. The molecule has 22 heavy (non-hydrogen) atoms. The number of aryl methyl sites for hydroxylation is 1. The van der Waals surface area contributed by atoms with Gasteiger partial charge in [-0.05, 0) is 38.2 Å². The third-order valence-corrected chi connectivity index (χ3v) is 5.08. The summed E-state index contributed by atoms with van der Waals surface area (Å²) in [5.41, 5.74) is 1.17. The summed E-state index contributed by atoms with van der Waals surface area (Å²) in [6.45, 7) is 2.47. The monoisotopic (exact) mass is 304 g/mol. The maximum atomic E-state index is 12.8. The maximum absolute atomic E-state index is 12.8. The molecule has 1 aromatic heterocycles. The van der Waals surface area contributed by atoms with Crippen molar-refractivity contribution >= 4 is 6.03 Å². The molecule has 4 rings (SSSR count). The van der Waals surface area contributed by atoms with Crippen LogP contribution in [0, 0.1) is 5.92 Å². The number of carbonyl (C=O) groups excluding carboxylic acids is 1. The van der Waals surface area contributed by atoms with Crippen LogP contribution in [0.15, 0.2) is 16.7 Å². The zero-order chi connectivity index (χ0) is 14.9. The number of urea groups is 1. The van der Waals surface area contributed by atoms with Gasteiger partial charge in [-0.2, -0.15) is 0 Å². The SMILES string of the molecule is O=C(NC1CCCc2occc21)N(CC1CCOC1)C1CC1. The number of nitrogens with zero attached hydrogens (tertiary/aromatic N) is 1. The number of fused-ring (bicyclic) bond motifs is 1. The summed E-state index contributed by atoms with van der Waals surface area (Å²) in [4.78, 5) is 14.8. The van der Waals surface area contributed by atoms with Crippen LogP contribution in [0.1, 0.15) is 49.5 Å². The highest BCUT2D eigenvalue weighted by Gasteiger charge is 2.36. The van der Waals surface area contributed by atoms with Gasteiger partial charge in [0.15, 0.2) is 0 Å². The molecule has 2 fully saturated rings. The standard InChI is InChI=1S/C17H24N2O3/c20-17(18-15-2-1-3-16-14(15)7-9-22-16)19(13-4-5-13)10-12-6-8-21-11-12/h7,9,12-13,15H,1-6,8,10-11H2,(H,18,20). The van der Waals surface area contributed by atoms with Crippen molar-refractivity contribution in [2.75, 3.05) is 19.8 Å². The molecule has 2 heterocycles. The average Bonchev–Trinajstić information content (AvgIpc) is 3.02. The first-order valence-electron chi connectivity index (χ1n) is 8.52. The second-order valence-electron chi connectivity index (χ2n) is 6.81. The normalized spacial score (nSPS) is 27.5.